The number of hydrogen-bond acceptors (Lipinski definition) is 3. The first-order chi connectivity index (χ1) is 7.54. The molecule has 88 valence electrons. The van der Waals surface area contributed by atoms with Crippen LogP contribution in [0.2, 0.25) is 5.02 Å². The predicted octanol–water partition coefficient (Wildman–Crippen LogP) is 3.01. The van der Waals surface area contributed by atoms with E-state index in [0.717, 1.165) is 11.3 Å². The summed E-state index contributed by atoms with van der Waals surface area (Å²) in [7, 11) is 0. The Morgan fingerprint density at radius 2 is 2.25 bits per heavy atom. The van der Waals surface area contributed by atoms with E-state index in [2.05, 4.69) is 5.32 Å². The molecule has 0 fully saturated rings. The maximum Gasteiger partial charge on any atom is 0.328 e. The Morgan fingerprint density at radius 1 is 1.56 bits per heavy atom. The molecular formula is C12H16ClNO2. The maximum atomic E-state index is 11.4. The number of carbonyl (C=O) groups excluding carboxylic acids is 1. The summed E-state index contributed by atoms with van der Waals surface area (Å²) < 4.78 is 4.90. The summed E-state index contributed by atoms with van der Waals surface area (Å²) in [5.41, 5.74) is 1.83. The molecule has 1 aromatic carbocycles. The summed E-state index contributed by atoms with van der Waals surface area (Å²) in [5, 5.41) is 3.72. The van der Waals surface area contributed by atoms with Gasteiger partial charge in [0.2, 0.25) is 0 Å². The fourth-order valence-corrected chi connectivity index (χ4v) is 1.44. The van der Waals surface area contributed by atoms with E-state index in [1.165, 1.54) is 0 Å². The predicted molar refractivity (Wildman–Crippen MR) is 65.9 cm³/mol. The van der Waals surface area contributed by atoms with Gasteiger partial charge < -0.3 is 10.1 Å². The van der Waals surface area contributed by atoms with E-state index in [0.29, 0.717) is 11.6 Å². The Hall–Kier alpha value is -1.22. The van der Waals surface area contributed by atoms with Crippen molar-refractivity contribution in [1.29, 1.82) is 0 Å². The summed E-state index contributed by atoms with van der Waals surface area (Å²) in [5.74, 6) is -0.265. The topological polar surface area (TPSA) is 38.3 Å². The Bertz CT molecular complexity index is 379. The molecule has 0 heterocycles. The van der Waals surface area contributed by atoms with Crippen molar-refractivity contribution in [2.24, 2.45) is 0 Å². The lowest BCUT2D eigenvalue weighted by atomic mass is 10.2. The molecule has 16 heavy (non-hydrogen) atoms. The molecule has 1 rings (SSSR count). The second-order valence-corrected chi connectivity index (χ2v) is 3.99. The lowest BCUT2D eigenvalue weighted by molar-refractivity contribution is -0.143. The van der Waals surface area contributed by atoms with E-state index in [-0.39, 0.29) is 12.0 Å². The van der Waals surface area contributed by atoms with Crippen molar-refractivity contribution in [2.45, 2.75) is 26.8 Å². The maximum absolute atomic E-state index is 11.4. The van der Waals surface area contributed by atoms with Gasteiger partial charge in [-0.2, -0.15) is 0 Å². The first-order valence-corrected chi connectivity index (χ1v) is 5.61. The highest BCUT2D eigenvalue weighted by Gasteiger charge is 2.13. The summed E-state index contributed by atoms with van der Waals surface area (Å²) in [6.07, 6.45) is 0. The number of benzene rings is 1. The van der Waals surface area contributed by atoms with Crippen LogP contribution in [-0.4, -0.2) is 18.6 Å². The van der Waals surface area contributed by atoms with Crippen LogP contribution in [0, 0.1) is 6.92 Å². The van der Waals surface area contributed by atoms with Crippen molar-refractivity contribution >= 4 is 23.3 Å². The van der Waals surface area contributed by atoms with Crippen molar-refractivity contribution in [2.75, 3.05) is 11.9 Å². The van der Waals surface area contributed by atoms with Gasteiger partial charge in [-0.1, -0.05) is 17.7 Å². The minimum absolute atomic E-state index is 0.265. The second-order valence-electron chi connectivity index (χ2n) is 3.58. The number of halogens is 1. The molecule has 0 saturated heterocycles. The van der Waals surface area contributed by atoms with Gasteiger partial charge in [0.05, 0.1) is 6.61 Å². The monoisotopic (exact) mass is 241 g/mol. The quantitative estimate of drug-likeness (QED) is 0.824. The van der Waals surface area contributed by atoms with Crippen LogP contribution in [-0.2, 0) is 9.53 Å². The molecule has 3 nitrogen and oxygen atoms in total. The number of anilines is 1. The molecule has 0 aliphatic heterocycles. The molecule has 0 bridgehead atoms. The molecule has 0 radical (unpaired) electrons. The third kappa shape index (κ3) is 3.42. The Labute approximate surface area is 101 Å². The highest BCUT2D eigenvalue weighted by atomic mass is 35.5. The molecule has 0 aromatic heterocycles. The molecule has 0 spiro atoms. The summed E-state index contributed by atoms with van der Waals surface area (Å²) >= 11 is 5.98. The Morgan fingerprint density at radius 3 is 2.81 bits per heavy atom. The fraction of sp³-hybridized carbons (Fsp3) is 0.417. The minimum Gasteiger partial charge on any atom is -0.464 e. The summed E-state index contributed by atoms with van der Waals surface area (Å²) in [4.78, 5) is 11.4. The normalized spacial score (nSPS) is 12.0. The number of aryl methyl sites for hydroxylation is 1. The molecule has 1 unspecified atom stereocenters. The van der Waals surface area contributed by atoms with Crippen LogP contribution < -0.4 is 5.32 Å². The standard InChI is InChI=1S/C12H16ClNO2/c1-4-16-12(15)9(3)14-10-6-5-8(2)11(13)7-10/h5-7,9,14H,4H2,1-3H3. The van der Waals surface area contributed by atoms with E-state index < -0.39 is 0 Å². The van der Waals surface area contributed by atoms with Gasteiger partial charge in [-0.05, 0) is 38.5 Å². The van der Waals surface area contributed by atoms with Gasteiger partial charge in [-0.25, -0.2) is 4.79 Å². The van der Waals surface area contributed by atoms with Crippen LogP contribution >= 0.6 is 11.6 Å². The van der Waals surface area contributed by atoms with Crippen molar-refractivity contribution in [3.05, 3.63) is 28.8 Å². The molecule has 0 aliphatic carbocycles. The minimum atomic E-state index is -0.376. The van der Waals surface area contributed by atoms with Gasteiger partial charge in [0.15, 0.2) is 0 Å². The van der Waals surface area contributed by atoms with Crippen LogP contribution in [0.4, 0.5) is 5.69 Å². The molecule has 1 N–H and O–H groups in total. The largest absolute Gasteiger partial charge is 0.464 e. The molecule has 1 atom stereocenters. The van der Waals surface area contributed by atoms with E-state index in [1.807, 2.05) is 19.1 Å². The number of esters is 1. The first-order valence-electron chi connectivity index (χ1n) is 5.24. The van der Waals surface area contributed by atoms with Crippen LogP contribution in [0.15, 0.2) is 18.2 Å². The zero-order valence-corrected chi connectivity index (χ0v) is 10.5. The average molecular weight is 242 g/mol. The summed E-state index contributed by atoms with van der Waals surface area (Å²) in [6, 6.07) is 5.21. The van der Waals surface area contributed by atoms with Crippen molar-refractivity contribution < 1.29 is 9.53 Å². The third-order valence-corrected chi connectivity index (χ3v) is 2.60. The lowest BCUT2D eigenvalue weighted by Gasteiger charge is -2.14. The van der Waals surface area contributed by atoms with Crippen LogP contribution in [0.25, 0.3) is 0 Å². The van der Waals surface area contributed by atoms with E-state index >= 15 is 0 Å². The highest BCUT2D eigenvalue weighted by molar-refractivity contribution is 6.31. The fourth-order valence-electron chi connectivity index (χ4n) is 1.26. The SMILES string of the molecule is CCOC(=O)C(C)Nc1ccc(C)c(Cl)c1. The average Bonchev–Trinajstić information content (AvgIpc) is 2.24. The molecule has 0 saturated carbocycles. The number of rotatable bonds is 4. The summed E-state index contributed by atoms with van der Waals surface area (Å²) in [6.45, 7) is 5.86. The third-order valence-electron chi connectivity index (χ3n) is 2.20. The van der Waals surface area contributed by atoms with Crippen LogP contribution in [0.1, 0.15) is 19.4 Å². The molecular weight excluding hydrogens is 226 g/mol. The number of ether oxygens (including phenoxy) is 1. The Kier molecular flexibility index (Phi) is 4.62. The van der Waals surface area contributed by atoms with Crippen LogP contribution in [0.5, 0.6) is 0 Å². The van der Waals surface area contributed by atoms with Gasteiger partial charge in [0.25, 0.3) is 0 Å². The van der Waals surface area contributed by atoms with Gasteiger partial charge in [0.1, 0.15) is 6.04 Å². The molecule has 4 heteroatoms. The van der Waals surface area contributed by atoms with Gasteiger partial charge in [0, 0.05) is 10.7 Å². The van der Waals surface area contributed by atoms with E-state index in [1.54, 1.807) is 19.9 Å². The lowest BCUT2D eigenvalue weighted by Crippen LogP contribution is -2.28. The van der Waals surface area contributed by atoms with Gasteiger partial charge in [-0.3, -0.25) is 0 Å². The highest BCUT2D eigenvalue weighted by Crippen LogP contribution is 2.20. The first kappa shape index (κ1) is 12.8. The van der Waals surface area contributed by atoms with Crippen LogP contribution in [0.3, 0.4) is 0 Å². The number of carbonyl (C=O) groups is 1. The Balaban J connectivity index is 2.66. The number of hydrogen-bond donors (Lipinski definition) is 1. The van der Waals surface area contributed by atoms with Gasteiger partial charge >= 0.3 is 5.97 Å². The molecule has 0 amide bonds. The number of nitrogens with one attached hydrogen (secondary N) is 1. The van der Waals surface area contributed by atoms with Crippen molar-refractivity contribution in [1.82, 2.24) is 0 Å². The van der Waals surface area contributed by atoms with E-state index in [4.69, 9.17) is 16.3 Å². The van der Waals surface area contributed by atoms with Gasteiger partial charge in [-0.15, -0.1) is 0 Å². The smallest absolute Gasteiger partial charge is 0.328 e. The van der Waals surface area contributed by atoms with E-state index in [9.17, 15) is 4.79 Å². The molecule has 1 aromatic rings. The second kappa shape index (κ2) is 5.75. The molecule has 0 aliphatic rings. The van der Waals surface area contributed by atoms with Crippen molar-refractivity contribution in [3.8, 4) is 0 Å². The zero-order valence-electron chi connectivity index (χ0n) is 9.71. The van der Waals surface area contributed by atoms with Crippen molar-refractivity contribution in [3.63, 3.8) is 0 Å². The zero-order chi connectivity index (χ0) is 12.1.